The normalized spacial score (nSPS) is 20.0. The molecule has 0 unspecified atom stereocenters. The third kappa shape index (κ3) is 5.22. The van der Waals surface area contributed by atoms with E-state index in [9.17, 15) is 14.4 Å². The van der Waals surface area contributed by atoms with Crippen LogP contribution in [0.4, 0.5) is 4.79 Å². The minimum Gasteiger partial charge on any atom is -0.480 e. The number of aliphatic hydroxyl groups excluding tert-OH is 1. The van der Waals surface area contributed by atoms with Crippen molar-refractivity contribution < 1.29 is 29.3 Å². The zero-order chi connectivity index (χ0) is 24.1. The first-order valence-electron chi connectivity index (χ1n) is 11.7. The van der Waals surface area contributed by atoms with Crippen LogP contribution in [0.1, 0.15) is 42.7 Å². The molecule has 2 aliphatic rings. The predicted molar refractivity (Wildman–Crippen MR) is 125 cm³/mol. The van der Waals surface area contributed by atoms with Gasteiger partial charge in [0.2, 0.25) is 5.91 Å². The van der Waals surface area contributed by atoms with E-state index < -0.39 is 24.7 Å². The molecule has 2 amide bonds. The zero-order valence-corrected chi connectivity index (χ0v) is 18.9. The van der Waals surface area contributed by atoms with Gasteiger partial charge < -0.3 is 25.6 Å². The van der Waals surface area contributed by atoms with Crippen LogP contribution in [-0.4, -0.2) is 54.0 Å². The topological polar surface area (TPSA) is 125 Å². The lowest BCUT2D eigenvalue weighted by molar-refractivity contribution is -0.143. The molecule has 2 aromatic carbocycles. The molecule has 1 saturated carbocycles. The van der Waals surface area contributed by atoms with E-state index in [1.807, 2.05) is 24.3 Å². The van der Waals surface area contributed by atoms with Crippen molar-refractivity contribution in [2.75, 3.05) is 19.8 Å². The lowest BCUT2D eigenvalue weighted by atomic mass is 9.81. The minimum atomic E-state index is -1.28. The van der Waals surface area contributed by atoms with Crippen molar-refractivity contribution in [3.63, 3.8) is 0 Å². The quantitative estimate of drug-likeness (QED) is 0.474. The van der Waals surface area contributed by atoms with E-state index in [1.54, 1.807) is 0 Å². The van der Waals surface area contributed by atoms with E-state index in [2.05, 4.69) is 34.9 Å². The SMILES string of the molecule is O=C(NCC1CCC(C(=O)N[C@H](CO)C(=O)O)CC1)OCC1c2ccccc2-c2ccccc21. The number of amides is 2. The summed E-state index contributed by atoms with van der Waals surface area (Å²) in [7, 11) is 0. The number of carbonyl (C=O) groups excluding carboxylic acids is 2. The fourth-order valence-corrected chi connectivity index (χ4v) is 4.98. The van der Waals surface area contributed by atoms with E-state index in [4.69, 9.17) is 14.9 Å². The maximum Gasteiger partial charge on any atom is 0.407 e. The fourth-order valence-electron chi connectivity index (χ4n) is 4.98. The first-order chi connectivity index (χ1) is 16.5. The Morgan fingerprint density at radius 3 is 2.09 bits per heavy atom. The maximum absolute atomic E-state index is 12.4. The van der Waals surface area contributed by atoms with Crippen molar-refractivity contribution in [2.24, 2.45) is 11.8 Å². The average Bonchev–Trinajstić information content (AvgIpc) is 3.18. The Balaban J connectivity index is 1.22. The standard InChI is InChI=1S/C26H30N2O6/c29-14-23(25(31)32)28-24(30)17-11-9-16(10-12-17)13-27-26(33)34-15-22-20-7-3-1-5-18(20)19-6-2-4-8-21(19)22/h1-8,16-17,22-23,29H,9-15H2,(H,27,33)(H,28,30)(H,31,32)/t16?,17?,23-/m1/s1. The number of alkyl carbamates (subject to hydrolysis) is 1. The molecule has 2 aromatic rings. The van der Waals surface area contributed by atoms with Crippen LogP contribution in [-0.2, 0) is 14.3 Å². The number of nitrogens with one attached hydrogen (secondary N) is 2. The third-order valence-corrected chi connectivity index (χ3v) is 6.89. The van der Waals surface area contributed by atoms with Gasteiger partial charge in [-0.1, -0.05) is 48.5 Å². The molecule has 0 saturated heterocycles. The Hall–Kier alpha value is -3.39. The summed E-state index contributed by atoms with van der Waals surface area (Å²) in [6.45, 7) is 0.0995. The summed E-state index contributed by atoms with van der Waals surface area (Å²) in [6, 6.07) is 15.1. The largest absolute Gasteiger partial charge is 0.480 e. The van der Waals surface area contributed by atoms with Gasteiger partial charge in [0.05, 0.1) is 6.61 Å². The Morgan fingerprint density at radius 1 is 0.941 bits per heavy atom. The van der Waals surface area contributed by atoms with Crippen molar-refractivity contribution in [1.82, 2.24) is 10.6 Å². The number of carboxylic acid groups (broad SMARTS) is 1. The van der Waals surface area contributed by atoms with E-state index >= 15 is 0 Å². The van der Waals surface area contributed by atoms with Crippen molar-refractivity contribution >= 4 is 18.0 Å². The average molecular weight is 467 g/mol. The molecule has 180 valence electrons. The molecular weight excluding hydrogens is 436 g/mol. The van der Waals surface area contributed by atoms with Crippen molar-refractivity contribution in [3.05, 3.63) is 59.7 Å². The first-order valence-corrected chi connectivity index (χ1v) is 11.7. The van der Waals surface area contributed by atoms with Crippen LogP contribution in [0.15, 0.2) is 48.5 Å². The first kappa shape index (κ1) is 23.8. The van der Waals surface area contributed by atoms with Crippen LogP contribution in [0.5, 0.6) is 0 Å². The van der Waals surface area contributed by atoms with Gasteiger partial charge in [0.1, 0.15) is 12.6 Å². The molecule has 1 atom stereocenters. The Kier molecular flexibility index (Phi) is 7.47. The van der Waals surface area contributed by atoms with Crippen molar-refractivity contribution in [3.8, 4) is 11.1 Å². The Morgan fingerprint density at radius 2 is 1.53 bits per heavy atom. The monoisotopic (exact) mass is 466 g/mol. The Labute approximate surface area is 198 Å². The summed E-state index contributed by atoms with van der Waals surface area (Å²) in [5.74, 6) is -1.63. The number of hydrogen-bond donors (Lipinski definition) is 4. The molecule has 0 aliphatic heterocycles. The van der Waals surface area contributed by atoms with E-state index in [1.165, 1.54) is 22.3 Å². The highest BCUT2D eigenvalue weighted by molar-refractivity contribution is 5.85. The second kappa shape index (κ2) is 10.7. The highest BCUT2D eigenvalue weighted by atomic mass is 16.5. The fraction of sp³-hybridized carbons (Fsp3) is 0.423. The molecule has 0 radical (unpaired) electrons. The van der Waals surface area contributed by atoms with Gasteiger partial charge in [-0.25, -0.2) is 9.59 Å². The summed E-state index contributed by atoms with van der Waals surface area (Å²) >= 11 is 0. The van der Waals surface area contributed by atoms with E-state index in [0.29, 0.717) is 19.4 Å². The number of carboxylic acids is 1. The molecule has 8 heteroatoms. The molecule has 34 heavy (non-hydrogen) atoms. The highest BCUT2D eigenvalue weighted by Crippen LogP contribution is 2.44. The lowest BCUT2D eigenvalue weighted by Crippen LogP contribution is -2.46. The van der Waals surface area contributed by atoms with Gasteiger partial charge in [-0.05, 0) is 53.9 Å². The second-order valence-corrected chi connectivity index (χ2v) is 9.01. The Bertz CT molecular complexity index is 1000. The summed E-state index contributed by atoms with van der Waals surface area (Å²) in [6.07, 6.45) is 2.27. The van der Waals surface area contributed by atoms with Crippen LogP contribution < -0.4 is 10.6 Å². The van der Waals surface area contributed by atoms with Gasteiger partial charge in [-0.2, -0.15) is 0 Å². The number of rotatable bonds is 8. The number of benzene rings is 2. The van der Waals surface area contributed by atoms with Crippen LogP contribution in [0.3, 0.4) is 0 Å². The van der Waals surface area contributed by atoms with Gasteiger partial charge in [-0.15, -0.1) is 0 Å². The van der Waals surface area contributed by atoms with Crippen LogP contribution in [0, 0.1) is 11.8 Å². The number of aliphatic hydroxyl groups is 1. The molecule has 0 spiro atoms. The molecule has 0 aromatic heterocycles. The van der Waals surface area contributed by atoms with Gasteiger partial charge in [0.25, 0.3) is 0 Å². The number of fused-ring (bicyclic) bond motifs is 3. The van der Waals surface area contributed by atoms with Crippen molar-refractivity contribution in [1.29, 1.82) is 0 Å². The molecule has 4 N–H and O–H groups in total. The highest BCUT2D eigenvalue weighted by Gasteiger charge is 2.31. The number of carbonyl (C=O) groups is 3. The van der Waals surface area contributed by atoms with Gasteiger partial charge in [-0.3, -0.25) is 4.79 Å². The summed E-state index contributed by atoms with van der Waals surface area (Å²) < 4.78 is 5.58. The van der Waals surface area contributed by atoms with Crippen LogP contribution in [0.2, 0.25) is 0 Å². The van der Waals surface area contributed by atoms with Gasteiger partial charge in [0.15, 0.2) is 0 Å². The second-order valence-electron chi connectivity index (χ2n) is 9.01. The zero-order valence-electron chi connectivity index (χ0n) is 18.9. The minimum absolute atomic E-state index is 0.0145. The molecule has 1 fully saturated rings. The molecule has 0 bridgehead atoms. The van der Waals surface area contributed by atoms with E-state index in [0.717, 1.165) is 12.8 Å². The molecule has 8 nitrogen and oxygen atoms in total. The smallest absolute Gasteiger partial charge is 0.407 e. The van der Waals surface area contributed by atoms with Gasteiger partial charge in [0, 0.05) is 18.4 Å². The number of hydrogen-bond acceptors (Lipinski definition) is 5. The number of ether oxygens (including phenoxy) is 1. The van der Waals surface area contributed by atoms with Crippen molar-refractivity contribution in [2.45, 2.75) is 37.6 Å². The summed E-state index contributed by atoms with van der Waals surface area (Å²) in [5.41, 5.74) is 4.70. The predicted octanol–water partition coefficient (Wildman–Crippen LogP) is 2.89. The molecule has 4 rings (SSSR count). The lowest BCUT2D eigenvalue weighted by Gasteiger charge is -2.28. The summed E-state index contributed by atoms with van der Waals surface area (Å²) in [5, 5.41) is 23.3. The molecule has 0 heterocycles. The van der Waals surface area contributed by atoms with E-state index in [-0.39, 0.29) is 30.3 Å². The maximum atomic E-state index is 12.4. The molecule has 2 aliphatic carbocycles. The van der Waals surface area contributed by atoms with Crippen LogP contribution in [0.25, 0.3) is 11.1 Å². The molecular formula is C26H30N2O6. The van der Waals surface area contributed by atoms with Crippen LogP contribution >= 0.6 is 0 Å². The van der Waals surface area contributed by atoms with Gasteiger partial charge >= 0.3 is 12.1 Å². The summed E-state index contributed by atoms with van der Waals surface area (Å²) in [4.78, 5) is 35.6. The third-order valence-electron chi connectivity index (χ3n) is 6.89. The number of aliphatic carboxylic acids is 1.